The molecule has 3 nitrogen and oxygen atoms in total. The summed E-state index contributed by atoms with van der Waals surface area (Å²) < 4.78 is 0. The van der Waals surface area contributed by atoms with E-state index < -0.39 is 0 Å². The highest BCUT2D eigenvalue weighted by atomic mass is 14.9. The Morgan fingerprint density at radius 2 is 1.67 bits per heavy atom. The van der Waals surface area contributed by atoms with Gasteiger partial charge in [0.1, 0.15) is 0 Å². The molecule has 0 spiro atoms. The molecule has 2 N–H and O–H groups in total. The number of aryl methyl sites for hydroxylation is 1. The predicted molar refractivity (Wildman–Crippen MR) is 181 cm³/mol. The first-order valence-electron chi connectivity index (χ1n) is 18.7. The van der Waals surface area contributed by atoms with Crippen molar-refractivity contribution in [3.8, 4) is 0 Å². The maximum atomic E-state index is 4.48. The fourth-order valence-electron chi connectivity index (χ4n) is 11.2. The summed E-state index contributed by atoms with van der Waals surface area (Å²) in [6.45, 7) is 17.4. The first kappa shape index (κ1) is 32.3. The van der Waals surface area contributed by atoms with Crippen LogP contribution in [0.4, 0.5) is 5.69 Å². The maximum Gasteiger partial charge on any atom is 0.0424 e. The number of anilines is 1. The van der Waals surface area contributed by atoms with Gasteiger partial charge in [0.2, 0.25) is 0 Å². The Kier molecular flexibility index (Phi) is 11.0. The quantitative estimate of drug-likeness (QED) is 0.216. The molecule has 4 aliphatic carbocycles. The molecule has 9 atom stereocenters. The average molecular weight is 578 g/mol. The van der Waals surface area contributed by atoms with Crippen molar-refractivity contribution in [3.63, 3.8) is 0 Å². The molecule has 9 unspecified atom stereocenters. The van der Waals surface area contributed by atoms with Crippen molar-refractivity contribution in [1.82, 2.24) is 10.3 Å². The van der Waals surface area contributed by atoms with Gasteiger partial charge in [0, 0.05) is 30.2 Å². The molecule has 4 saturated carbocycles. The zero-order valence-corrected chi connectivity index (χ0v) is 28.5. The first-order chi connectivity index (χ1) is 20.2. The van der Waals surface area contributed by atoms with Gasteiger partial charge in [-0.2, -0.15) is 0 Å². The summed E-state index contributed by atoms with van der Waals surface area (Å²) in [5, 5.41) is 7.64. The lowest BCUT2D eigenvalue weighted by molar-refractivity contribution is -0.118. The van der Waals surface area contributed by atoms with E-state index in [2.05, 4.69) is 69.3 Å². The van der Waals surface area contributed by atoms with Crippen molar-refractivity contribution in [3.05, 3.63) is 24.0 Å². The molecule has 0 saturated heterocycles. The zero-order valence-electron chi connectivity index (χ0n) is 28.5. The van der Waals surface area contributed by atoms with Gasteiger partial charge in [-0.05, 0) is 148 Å². The van der Waals surface area contributed by atoms with E-state index in [0.717, 1.165) is 66.9 Å². The van der Waals surface area contributed by atoms with E-state index in [-0.39, 0.29) is 0 Å². The minimum Gasteiger partial charge on any atom is -0.385 e. The second-order valence-corrected chi connectivity index (χ2v) is 16.5. The van der Waals surface area contributed by atoms with Crippen LogP contribution in [0, 0.1) is 52.3 Å². The van der Waals surface area contributed by atoms with Crippen LogP contribution in [0.5, 0.6) is 0 Å². The molecule has 0 radical (unpaired) electrons. The van der Waals surface area contributed by atoms with Gasteiger partial charge < -0.3 is 10.6 Å². The largest absolute Gasteiger partial charge is 0.385 e. The van der Waals surface area contributed by atoms with Gasteiger partial charge in [0.25, 0.3) is 0 Å². The topological polar surface area (TPSA) is 37.0 Å². The molecule has 1 aromatic rings. The molecule has 1 aromatic heterocycles. The molecule has 4 fully saturated rings. The number of unbranched alkanes of at least 4 members (excludes halogenated alkanes) is 1. The Balaban J connectivity index is 1.06. The van der Waals surface area contributed by atoms with E-state index in [1.165, 1.54) is 108 Å². The number of fused-ring (bicyclic) bond motifs is 5. The highest BCUT2D eigenvalue weighted by Gasteiger charge is 2.60. The fourth-order valence-corrected chi connectivity index (χ4v) is 11.2. The van der Waals surface area contributed by atoms with E-state index in [4.69, 9.17) is 0 Å². The van der Waals surface area contributed by atoms with Crippen LogP contribution in [-0.4, -0.2) is 24.1 Å². The lowest BCUT2D eigenvalue weighted by atomic mass is 9.44. The Labute approximate surface area is 260 Å². The molecular formula is C39H67N3. The number of rotatable bonds is 14. The fraction of sp³-hybridized carbons (Fsp3) is 0.872. The van der Waals surface area contributed by atoms with E-state index in [1.807, 2.05) is 6.20 Å². The number of nitrogens with zero attached hydrogens (tertiary/aromatic N) is 1. The summed E-state index contributed by atoms with van der Waals surface area (Å²) in [5.74, 6) is 6.76. The van der Waals surface area contributed by atoms with Crippen molar-refractivity contribution in [2.75, 3.05) is 18.4 Å². The molecule has 238 valence electrons. The molecule has 0 aliphatic heterocycles. The molecule has 1 heterocycles. The number of nitrogens with one attached hydrogen (secondary N) is 2. The summed E-state index contributed by atoms with van der Waals surface area (Å²) in [7, 11) is 0. The van der Waals surface area contributed by atoms with Gasteiger partial charge in [0.15, 0.2) is 0 Å². The summed E-state index contributed by atoms with van der Waals surface area (Å²) in [5.41, 5.74) is 3.68. The van der Waals surface area contributed by atoms with Gasteiger partial charge >= 0.3 is 0 Å². The maximum absolute atomic E-state index is 4.48. The van der Waals surface area contributed by atoms with Gasteiger partial charge in [-0.1, -0.05) is 67.2 Å². The van der Waals surface area contributed by atoms with Gasteiger partial charge in [-0.15, -0.1) is 0 Å². The van der Waals surface area contributed by atoms with Crippen molar-refractivity contribution in [2.45, 2.75) is 150 Å². The minimum atomic E-state index is 0.606. The van der Waals surface area contributed by atoms with Crippen LogP contribution in [0.3, 0.4) is 0 Å². The summed E-state index contributed by atoms with van der Waals surface area (Å²) in [6.07, 6.45) is 24.5. The lowest BCUT2D eigenvalue weighted by Gasteiger charge is -2.61. The highest BCUT2D eigenvalue weighted by Crippen LogP contribution is 2.68. The molecule has 0 aromatic carbocycles. The number of pyridine rings is 1. The van der Waals surface area contributed by atoms with Crippen molar-refractivity contribution in [1.29, 1.82) is 0 Å². The van der Waals surface area contributed by atoms with Crippen LogP contribution in [0.15, 0.2) is 18.3 Å². The van der Waals surface area contributed by atoms with Crippen LogP contribution in [-0.2, 0) is 6.42 Å². The molecule has 0 bridgehead atoms. The second kappa shape index (κ2) is 14.3. The minimum absolute atomic E-state index is 0.606. The van der Waals surface area contributed by atoms with Crippen LogP contribution in [0.25, 0.3) is 0 Å². The Morgan fingerprint density at radius 3 is 2.48 bits per heavy atom. The smallest absolute Gasteiger partial charge is 0.0424 e. The van der Waals surface area contributed by atoms with Gasteiger partial charge in [-0.3, -0.25) is 4.98 Å². The summed E-state index contributed by atoms with van der Waals surface area (Å²) in [6, 6.07) is 5.09. The number of hydrogen-bond donors (Lipinski definition) is 2. The third kappa shape index (κ3) is 7.07. The normalized spacial score (nSPS) is 36.7. The monoisotopic (exact) mass is 578 g/mol. The van der Waals surface area contributed by atoms with Gasteiger partial charge in [0.05, 0.1) is 0 Å². The van der Waals surface area contributed by atoms with Gasteiger partial charge in [-0.25, -0.2) is 0 Å². The van der Waals surface area contributed by atoms with Crippen LogP contribution >= 0.6 is 0 Å². The highest BCUT2D eigenvalue weighted by molar-refractivity contribution is 5.43. The lowest BCUT2D eigenvalue weighted by Crippen LogP contribution is -2.55. The van der Waals surface area contributed by atoms with E-state index in [9.17, 15) is 0 Å². The predicted octanol–water partition coefficient (Wildman–Crippen LogP) is 10.3. The Morgan fingerprint density at radius 1 is 0.881 bits per heavy atom. The van der Waals surface area contributed by atoms with Crippen molar-refractivity contribution in [2.24, 2.45) is 52.3 Å². The third-order valence-electron chi connectivity index (χ3n) is 13.6. The molecule has 4 aliphatic rings. The van der Waals surface area contributed by atoms with Crippen molar-refractivity contribution < 1.29 is 0 Å². The SMILES string of the molecule is CCCc1cc(NCCCCNC2CCC3(C)C(CCC4C3CCC3(C)C(C(C)CCCC(C)C)CCC43)C2)ccn1. The Hall–Kier alpha value is -1.09. The summed E-state index contributed by atoms with van der Waals surface area (Å²) >= 11 is 0. The van der Waals surface area contributed by atoms with E-state index >= 15 is 0 Å². The van der Waals surface area contributed by atoms with Crippen LogP contribution in [0.2, 0.25) is 0 Å². The average Bonchev–Trinajstić information content (AvgIpc) is 3.32. The number of hydrogen-bond acceptors (Lipinski definition) is 3. The van der Waals surface area contributed by atoms with Crippen LogP contribution in [0.1, 0.15) is 144 Å². The van der Waals surface area contributed by atoms with Crippen molar-refractivity contribution >= 4 is 5.69 Å². The Bertz CT molecular complexity index is 974. The molecule has 3 heteroatoms. The molecule has 0 amide bonds. The van der Waals surface area contributed by atoms with E-state index in [1.54, 1.807) is 0 Å². The standard InChI is InChI=1S/C39H67N3/c1-7-11-31-27-33(20-25-42-31)41-24-9-8-23-40-32-18-21-38(5)30(26-32)14-15-34-36-17-16-35(29(4)13-10-12-28(2)3)39(36,6)22-19-37(34)38/h20,25,27-30,32,34-37,40H,7-19,21-24,26H2,1-6H3,(H,41,42). The first-order valence-corrected chi connectivity index (χ1v) is 18.7. The number of aromatic nitrogens is 1. The van der Waals surface area contributed by atoms with E-state index in [0.29, 0.717) is 10.8 Å². The molecule has 42 heavy (non-hydrogen) atoms. The molecule has 5 rings (SSSR count). The second-order valence-electron chi connectivity index (χ2n) is 16.5. The third-order valence-corrected chi connectivity index (χ3v) is 13.6. The van der Waals surface area contributed by atoms with Crippen LogP contribution < -0.4 is 10.6 Å². The summed E-state index contributed by atoms with van der Waals surface area (Å²) in [4.78, 5) is 4.48. The molecular weight excluding hydrogens is 510 g/mol. The zero-order chi connectivity index (χ0) is 29.7.